The molecular weight excluding hydrogens is 472 g/mol. The molecule has 3 aromatic rings. The summed E-state index contributed by atoms with van der Waals surface area (Å²) in [6.07, 6.45) is 5.27. The van der Waals surface area contributed by atoms with Crippen LogP contribution in [0.15, 0.2) is 53.6 Å². The molecule has 0 bridgehead atoms. The van der Waals surface area contributed by atoms with Gasteiger partial charge in [-0.25, -0.2) is 4.98 Å². The number of aromatic nitrogens is 3. The fourth-order valence-corrected chi connectivity index (χ4v) is 4.26. The molecule has 3 N–H and O–H groups in total. The first-order valence-electron chi connectivity index (χ1n) is 12.5. The van der Waals surface area contributed by atoms with E-state index in [9.17, 15) is 14.4 Å². The number of hydrogen-bond donors (Lipinski definition) is 3. The third-order valence-corrected chi connectivity index (χ3v) is 6.20. The summed E-state index contributed by atoms with van der Waals surface area (Å²) in [6.45, 7) is 4.83. The second-order valence-electron chi connectivity index (χ2n) is 8.89. The molecule has 0 aromatic carbocycles. The van der Waals surface area contributed by atoms with Gasteiger partial charge in [-0.1, -0.05) is 12.1 Å². The summed E-state index contributed by atoms with van der Waals surface area (Å²) in [5.74, 6) is 0.0691. The van der Waals surface area contributed by atoms with E-state index >= 15 is 0 Å². The van der Waals surface area contributed by atoms with Crippen molar-refractivity contribution in [3.63, 3.8) is 0 Å². The van der Waals surface area contributed by atoms with E-state index in [1.165, 1.54) is 10.1 Å². The van der Waals surface area contributed by atoms with Gasteiger partial charge in [-0.05, 0) is 62.1 Å². The van der Waals surface area contributed by atoms with Gasteiger partial charge in [-0.3, -0.25) is 19.4 Å². The van der Waals surface area contributed by atoms with E-state index in [1.54, 1.807) is 50.5 Å². The SMILES string of the molecule is CCOC(=O)CC(NC(=O)Cn1c(C)ccc(NCc2ccc3c(n2)NCCC3)c1=O)c1cccnc1. The highest BCUT2D eigenvalue weighted by Gasteiger charge is 2.21. The van der Waals surface area contributed by atoms with Crippen molar-refractivity contribution in [1.29, 1.82) is 0 Å². The van der Waals surface area contributed by atoms with Crippen molar-refractivity contribution < 1.29 is 14.3 Å². The minimum absolute atomic E-state index is 0.0383. The molecule has 0 radical (unpaired) electrons. The molecule has 0 aliphatic carbocycles. The lowest BCUT2D eigenvalue weighted by atomic mass is 10.1. The lowest BCUT2D eigenvalue weighted by Crippen LogP contribution is -2.37. The van der Waals surface area contributed by atoms with Crippen LogP contribution in [0.1, 0.15) is 48.3 Å². The van der Waals surface area contributed by atoms with Crippen LogP contribution in [0.5, 0.6) is 0 Å². The zero-order valence-corrected chi connectivity index (χ0v) is 21.1. The molecular formula is C27H32N6O4. The molecule has 1 aliphatic heterocycles. The molecule has 1 atom stereocenters. The zero-order chi connectivity index (χ0) is 26.2. The molecule has 1 unspecified atom stereocenters. The Morgan fingerprint density at radius 2 is 2.08 bits per heavy atom. The number of ether oxygens (including phenoxy) is 1. The summed E-state index contributed by atoms with van der Waals surface area (Å²) in [5, 5.41) is 9.33. The first kappa shape index (κ1) is 25.9. The van der Waals surface area contributed by atoms with Crippen LogP contribution in [0.3, 0.4) is 0 Å². The number of nitrogens with zero attached hydrogens (tertiary/aromatic N) is 3. The highest BCUT2D eigenvalue weighted by atomic mass is 16.5. The van der Waals surface area contributed by atoms with Crippen LogP contribution in [0.4, 0.5) is 11.5 Å². The second-order valence-corrected chi connectivity index (χ2v) is 8.89. The summed E-state index contributed by atoms with van der Waals surface area (Å²) in [6, 6.07) is 10.4. The van der Waals surface area contributed by atoms with Crippen molar-refractivity contribution in [2.24, 2.45) is 0 Å². The molecule has 10 nitrogen and oxygen atoms in total. The molecule has 0 saturated carbocycles. The highest BCUT2D eigenvalue weighted by molar-refractivity contribution is 5.78. The van der Waals surface area contributed by atoms with Crippen LogP contribution >= 0.6 is 0 Å². The Morgan fingerprint density at radius 3 is 2.86 bits per heavy atom. The molecule has 0 fully saturated rings. The first-order chi connectivity index (χ1) is 17.9. The van der Waals surface area contributed by atoms with Crippen LogP contribution < -0.4 is 21.5 Å². The number of anilines is 2. The van der Waals surface area contributed by atoms with Gasteiger partial charge in [0.1, 0.15) is 18.1 Å². The van der Waals surface area contributed by atoms with E-state index in [-0.39, 0.29) is 25.1 Å². The molecule has 0 spiro atoms. The monoisotopic (exact) mass is 504 g/mol. The van der Waals surface area contributed by atoms with Gasteiger partial charge in [0.15, 0.2) is 0 Å². The van der Waals surface area contributed by atoms with Gasteiger partial charge in [0.2, 0.25) is 5.91 Å². The Morgan fingerprint density at radius 1 is 1.22 bits per heavy atom. The van der Waals surface area contributed by atoms with Crippen LogP contribution in [0, 0.1) is 6.92 Å². The first-order valence-corrected chi connectivity index (χ1v) is 12.5. The zero-order valence-electron chi connectivity index (χ0n) is 21.1. The molecule has 194 valence electrons. The molecule has 1 amide bonds. The Labute approximate surface area is 215 Å². The topological polar surface area (TPSA) is 127 Å². The Hall–Kier alpha value is -4.21. The molecule has 1 aliphatic rings. The third kappa shape index (κ3) is 6.72. The normalized spacial score (nSPS) is 13.1. The summed E-state index contributed by atoms with van der Waals surface area (Å²) in [5.41, 5.74) is 3.40. The number of carbonyl (C=O) groups is 2. The second kappa shape index (κ2) is 12.2. The predicted molar refractivity (Wildman–Crippen MR) is 140 cm³/mol. The van der Waals surface area contributed by atoms with Crippen LogP contribution in [-0.2, 0) is 33.8 Å². The summed E-state index contributed by atoms with van der Waals surface area (Å²) in [4.78, 5) is 47.0. The predicted octanol–water partition coefficient (Wildman–Crippen LogP) is 2.73. The summed E-state index contributed by atoms with van der Waals surface area (Å²) < 4.78 is 6.47. The van der Waals surface area contributed by atoms with Crippen molar-refractivity contribution in [2.45, 2.75) is 52.2 Å². The number of aryl methyl sites for hydroxylation is 2. The molecule has 3 aromatic heterocycles. The minimum Gasteiger partial charge on any atom is -0.466 e. The van der Waals surface area contributed by atoms with E-state index in [1.807, 2.05) is 6.07 Å². The van der Waals surface area contributed by atoms with Crippen LogP contribution in [-0.4, -0.2) is 39.6 Å². The largest absolute Gasteiger partial charge is 0.466 e. The van der Waals surface area contributed by atoms with Gasteiger partial charge in [-0.15, -0.1) is 0 Å². The van der Waals surface area contributed by atoms with E-state index in [4.69, 9.17) is 4.74 Å². The van der Waals surface area contributed by atoms with Gasteiger partial charge < -0.3 is 25.3 Å². The molecule has 4 heterocycles. The van der Waals surface area contributed by atoms with Crippen molar-refractivity contribution in [3.8, 4) is 0 Å². The maximum Gasteiger partial charge on any atom is 0.308 e. The van der Waals surface area contributed by atoms with Crippen molar-refractivity contribution >= 4 is 23.4 Å². The number of rotatable bonds is 10. The Balaban J connectivity index is 1.45. The van der Waals surface area contributed by atoms with Crippen molar-refractivity contribution in [2.75, 3.05) is 23.8 Å². The number of fused-ring (bicyclic) bond motifs is 1. The number of nitrogens with one attached hydrogen (secondary N) is 3. The summed E-state index contributed by atoms with van der Waals surface area (Å²) in [7, 11) is 0. The van der Waals surface area contributed by atoms with Gasteiger partial charge in [0.25, 0.3) is 5.56 Å². The summed E-state index contributed by atoms with van der Waals surface area (Å²) >= 11 is 0. The molecule has 37 heavy (non-hydrogen) atoms. The average Bonchev–Trinajstić information content (AvgIpc) is 2.91. The van der Waals surface area contributed by atoms with E-state index in [0.717, 1.165) is 30.9 Å². The van der Waals surface area contributed by atoms with Gasteiger partial charge in [-0.2, -0.15) is 0 Å². The van der Waals surface area contributed by atoms with Gasteiger partial charge >= 0.3 is 5.97 Å². The van der Waals surface area contributed by atoms with Crippen LogP contribution in [0.2, 0.25) is 0 Å². The Bertz CT molecular complexity index is 1310. The van der Waals surface area contributed by atoms with E-state index in [0.29, 0.717) is 23.5 Å². The van der Waals surface area contributed by atoms with Gasteiger partial charge in [0, 0.05) is 24.6 Å². The van der Waals surface area contributed by atoms with Crippen LogP contribution in [0.25, 0.3) is 0 Å². The van der Waals surface area contributed by atoms with Gasteiger partial charge in [0.05, 0.1) is 31.3 Å². The average molecular weight is 505 g/mol. The molecule has 10 heteroatoms. The third-order valence-electron chi connectivity index (χ3n) is 6.20. The van der Waals surface area contributed by atoms with E-state index in [2.05, 4.69) is 32.0 Å². The number of pyridine rings is 3. The highest BCUT2D eigenvalue weighted by Crippen LogP contribution is 2.20. The molecule has 4 rings (SSSR count). The number of esters is 1. The lowest BCUT2D eigenvalue weighted by molar-refractivity contribution is -0.143. The fraction of sp³-hybridized carbons (Fsp3) is 0.370. The quantitative estimate of drug-likeness (QED) is 0.360. The Kier molecular flexibility index (Phi) is 8.50. The lowest BCUT2D eigenvalue weighted by Gasteiger charge is -2.19. The maximum atomic E-state index is 13.2. The smallest absolute Gasteiger partial charge is 0.308 e. The van der Waals surface area contributed by atoms with E-state index < -0.39 is 17.9 Å². The minimum atomic E-state index is -0.624. The van der Waals surface area contributed by atoms with Crippen molar-refractivity contribution in [3.05, 3.63) is 81.7 Å². The standard InChI is InChI=1S/C27H32N6O4/c1-3-37-25(35)14-23(20-7-4-12-28-15-20)32-24(34)17-33-18(2)8-11-22(27(33)36)30-16-21-10-9-19-6-5-13-29-26(19)31-21/h4,7-12,15,23,30H,3,5-6,13-14,16-17H2,1-2H3,(H,29,31)(H,32,34). The maximum absolute atomic E-state index is 13.2. The fourth-order valence-electron chi connectivity index (χ4n) is 4.26. The molecule has 0 saturated heterocycles. The number of hydrogen-bond acceptors (Lipinski definition) is 8. The van der Waals surface area contributed by atoms with Crippen molar-refractivity contribution in [1.82, 2.24) is 19.9 Å². The number of amides is 1. The number of carbonyl (C=O) groups excluding carboxylic acids is 2.